The lowest BCUT2D eigenvalue weighted by molar-refractivity contribution is 0.0698. The van der Waals surface area contributed by atoms with Gasteiger partial charge in [0.2, 0.25) is 0 Å². The monoisotopic (exact) mass is 382 g/mol. The first-order valence-corrected chi connectivity index (χ1v) is 9.38. The Hall–Kier alpha value is -3.13. The number of hydrogen-bond donors (Lipinski definition) is 2. The quantitative estimate of drug-likeness (QED) is 0.726. The zero-order valence-electron chi connectivity index (χ0n) is 14.5. The van der Waals surface area contributed by atoms with Crippen molar-refractivity contribution in [2.75, 3.05) is 36.4 Å². The number of nitrogens with one attached hydrogen (secondary N) is 1. The number of carbonyl (C=O) groups is 2. The lowest BCUT2D eigenvalue weighted by Crippen LogP contribution is -2.50. The van der Waals surface area contributed by atoms with Crippen LogP contribution in [0.4, 0.5) is 16.3 Å². The number of benzene rings is 2. The zero-order chi connectivity index (χ0) is 18.8. The third kappa shape index (κ3) is 3.43. The summed E-state index contributed by atoms with van der Waals surface area (Å²) < 4.78 is 5.72. The summed E-state index contributed by atoms with van der Waals surface area (Å²) in [6.07, 6.45) is 0. The average molecular weight is 382 g/mol. The van der Waals surface area contributed by atoms with Crippen LogP contribution in [0.3, 0.4) is 0 Å². The number of carboxylic acid groups (broad SMARTS) is 1. The summed E-state index contributed by atoms with van der Waals surface area (Å²) in [5.41, 5.74) is 0.390. The van der Waals surface area contributed by atoms with Crippen LogP contribution >= 0.6 is 11.5 Å². The van der Waals surface area contributed by atoms with Crippen molar-refractivity contribution in [2.45, 2.75) is 0 Å². The van der Waals surface area contributed by atoms with Gasteiger partial charge < -0.3 is 20.2 Å². The van der Waals surface area contributed by atoms with Crippen LogP contribution in [0.15, 0.2) is 48.5 Å². The van der Waals surface area contributed by atoms with Gasteiger partial charge in [0, 0.05) is 31.6 Å². The van der Waals surface area contributed by atoms with Crippen LogP contribution < -0.4 is 10.2 Å². The van der Waals surface area contributed by atoms with Gasteiger partial charge in [-0.1, -0.05) is 24.3 Å². The predicted octanol–water partition coefficient (Wildman–Crippen LogP) is 3.35. The van der Waals surface area contributed by atoms with Crippen LogP contribution in [0, 0.1) is 0 Å². The number of aromatic nitrogens is 1. The number of anilines is 2. The van der Waals surface area contributed by atoms with E-state index in [1.54, 1.807) is 23.1 Å². The molecule has 1 saturated heterocycles. The van der Waals surface area contributed by atoms with Gasteiger partial charge >= 0.3 is 12.0 Å². The summed E-state index contributed by atoms with van der Waals surface area (Å²) in [6, 6.07) is 14.2. The van der Waals surface area contributed by atoms with Crippen LogP contribution in [-0.4, -0.2) is 52.6 Å². The largest absolute Gasteiger partial charge is 0.478 e. The van der Waals surface area contributed by atoms with Gasteiger partial charge in [-0.05, 0) is 35.8 Å². The molecule has 0 atom stereocenters. The average Bonchev–Trinajstić information content (AvgIpc) is 3.12. The van der Waals surface area contributed by atoms with Crippen molar-refractivity contribution in [3.63, 3.8) is 0 Å². The number of nitrogens with zero attached hydrogens (tertiary/aromatic N) is 3. The summed E-state index contributed by atoms with van der Waals surface area (Å²) in [7, 11) is 0. The maximum atomic E-state index is 12.5. The van der Waals surface area contributed by atoms with Gasteiger partial charge in [-0.2, -0.15) is 4.37 Å². The van der Waals surface area contributed by atoms with Gasteiger partial charge in [0.25, 0.3) is 0 Å². The molecule has 0 saturated carbocycles. The topological polar surface area (TPSA) is 85.8 Å². The molecule has 0 aliphatic carbocycles. The van der Waals surface area contributed by atoms with Crippen molar-refractivity contribution < 1.29 is 14.7 Å². The van der Waals surface area contributed by atoms with Gasteiger partial charge in [-0.3, -0.25) is 0 Å². The fourth-order valence-corrected chi connectivity index (χ4v) is 3.99. The first-order chi connectivity index (χ1) is 13.1. The van der Waals surface area contributed by atoms with Gasteiger partial charge in [-0.15, -0.1) is 0 Å². The van der Waals surface area contributed by atoms with E-state index in [9.17, 15) is 14.7 Å². The van der Waals surface area contributed by atoms with E-state index >= 15 is 0 Å². The maximum absolute atomic E-state index is 12.5. The maximum Gasteiger partial charge on any atom is 0.337 e. The number of rotatable bonds is 3. The highest BCUT2D eigenvalue weighted by atomic mass is 32.1. The summed E-state index contributed by atoms with van der Waals surface area (Å²) in [5.74, 6) is -0.0991. The fourth-order valence-electron chi connectivity index (χ4n) is 3.19. The van der Waals surface area contributed by atoms with E-state index in [4.69, 9.17) is 0 Å². The number of carboxylic acids is 1. The number of piperazine rings is 1. The Kier molecular flexibility index (Phi) is 4.64. The molecule has 0 unspecified atom stereocenters. The van der Waals surface area contributed by atoms with Crippen LogP contribution in [0.25, 0.3) is 10.1 Å². The smallest absolute Gasteiger partial charge is 0.337 e. The summed E-state index contributed by atoms with van der Waals surface area (Å²) in [5, 5.41) is 13.1. The van der Waals surface area contributed by atoms with Crippen LogP contribution in [0.5, 0.6) is 0 Å². The van der Waals surface area contributed by atoms with Gasteiger partial charge in [0.05, 0.1) is 16.0 Å². The second-order valence-electron chi connectivity index (χ2n) is 6.26. The molecule has 0 radical (unpaired) electrons. The van der Waals surface area contributed by atoms with Crippen molar-refractivity contribution in [1.82, 2.24) is 9.27 Å². The number of para-hydroxylation sites is 1. The minimum absolute atomic E-state index is 0.0819. The molecule has 8 heteroatoms. The third-order valence-electron chi connectivity index (χ3n) is 4.62. The van der Waals surface area contributed by atoms with Crippen molar-refractivity contribution >= 4 is 45.1 Å². The molecule has 0 spiro atoms. The molecular weight excluding hydrogens is 364 g/mol. The number of urea groups is 1. The molecule has 1 aromatic heterocycles. The highest BCUT2D eigenvalue weighted by molar-refractivity contribution is 7.13. The van der Waals surface area contributed by atoms with Crippen molar-refractivity contribution in [2.24, 2.45) is 0 Å². The predicted molar refractivity (Wildman–Crippen MR) is 106 cm³/mol. The fraction of sp³-hybridized carbons (Fsp3) is 0.211. The number of aromatic carboxylic acids is 1. The molecule has 1 aliphatic heterocycles. The number of fused-ring (bicyclic) bond motifs is 1. The summed E-state index contributed by atoms with van der Waals surface area (Å²) >= 11 is 1.48. The lowest BCUT2D eigenvalue weighted by atomic mass is 10.2. The normalized spacial score (nSPS) is 14.4. The highest BCUT2D eigenvalue weighted by Crippen LogP contribution is 2.29. The molecule has 2 aromatic carbocycles. The molecule has 27 heavy (non-hydrogen) atoms. The Morgan fingerprint density at radius 3 is 2.48 bits per heavy atom. The van der Waals surface area contributed by atoms with Crippen LogP contribution in [-0.2, 0) is 0 Å². The van der Waals surface area contributed by atoms with E-state index in [-0.39, 0.29) is 11.6 Å². The second kappa shape index (κ2) is 7.24. The minimum Gasteiger partial charge on any atom is -0.478 e. The number of hydrogen-bond acceptors (Lipinski definition) is 5. The Morgan fingerprint density at radius 2 is 1.70 bits per heavy atom. The van der Waals surface area contributed by atoms with E-state index < -0.39 is 5.97 Å². The Morgan fingerprint density at radius 1 is 1.00 bits per heavy atom. The molecule has 1 fully saturated rings. The van der Waals surface area contributed by atoms with Gasteiger partial charge in [-0.25, -0.2) is 9.59 Å². The van der Waals surface area contributed by atoms with Gasteiger partial charge in [0.1, 0.15) is 5.82 Å². The summed E-state index contributed by atoms with van der Waals surface area (Å²) in [4.78, 5) is 27.7. The zero-order valence-corrected chi connectivity index (χ0v) is 15.3. The first kappa shape index (κ1) is 17.3. The molecule has 4 rings (SSSR count). The van der Waals surface area contributed by atoms with Crippen LogP contribution in [0.1, 0.15) is 10.4 Å². The van der Waals surface area contributed by atoms with Crippen molar-refractivity contribution in [3.8, 4) is 0 Å². The molecule has 3 aromatic rings. The number of amides is 2. The molecule has 2 heterocycles. The molecule has 0 bridgehead atoms. The Labute approximate surface area is 160 Å². The third-order valence-corrected chi connectivity index (χ3v) is 5.44. The first-order valence-electron chi connectivity index (χ1n) is 8.61. The van der Waals surface area contributed by atoms with Crippen molar-refractivity contribution in [1.29, 1.82) is 0 Å². The standard InChI is InChI=1S/C19H18N4O3S/c24-18(25)13-5-1-3-7-15(13)20-19(26)23-11-9-22(10-12-23)17-14-6-2-4-8-16(14)27-21-17/h1-8H,9-12H2,(H,20,26)(H,24,25). The minimum atomic E-state index is -1.06. The SMILES string of the molecule is O=C(O)c1ccccc1NC(=O)N1CCN(c2nsc3ccccc23)CC1. The summed E-state index contributed by atoms with van der Waals surface area (Å²) in [6.45, 7) is 2.46. The van der Waals surface area contributed by atoms with Crippen LogP contribution in [0.2, 0.25) is 0 Å². The lowest BCUT2D eigenvalue weighted by Gasteiger charge is -2.35. The van der Waals surface area contributed by atoms with Crippen molar-refractivity contribution in [3.05, 3.63) is 54.1 Å². The van der Waals surface area contributed by atoms with E-state index in [1.807, 2.05) is 12.1 Å². The van der Waals surface area contributed by atoms with E-state index in [0.29, 0.717) is 31.9 Å². The molecule has 2 amide bonds. The molecule has 2 N–H and O–H groups in total. The second-order valence-corrected chi connectivity index (χ2v) is 7.06. The van der Waals surface area contributed by atoms with E-state index in [1.165, 1.54) is 17.6 Å². The molecule has 7 nitrogen and oxygen atoms in total. The molecular formula is C19H18N4O3S. The Bertz CT molecular complexity index is 995. The molecule has 138 valence electrons. The van der Waals surface area contributed by atoms with E-state index in [0.717, 1.165) is 15.9 Å². The number of carbonyl (C=O) groups excluding carboxylic acids is 1. The van der Waals surface area contributed by atoms with Gasteiger partial charge in [0.15, 0.2) is 0 Å². The highest BCUT2D eigenvalue weighted by Gasteiger charge is 2.24. The van der Waals surface area contributed by atoms with E-state index in [2.05, 4.69) is 26.7 Å². The molecule has 1 aliphatic rings. The Balaban J connectivity index is 1.42.